The van der Waals surface area contributed by atoms with Crippen molar-refractivity contribution in [3.8, 4) is 0 Å². The van der Waals surface area contributed by atoms with Gasteiger partial charge in [0.2, 0.25) is 0 Å². The number of hydrogen-bond acceptors (Lipinski definition) is 4. The lowest BCUT2D eigenvalue weighted by Gasteiger charge is -2.29. The van der Waals surface area contributed by atoms with Crippen LogP contribution in [0, 0.1) is 0 Å². The molecule has 0 aromatic heterocycles. The minimum Gasteiger partial charge on any atom is -0.349 e. The molecule has 1 heterocycles. The molecule has 8 heteroatoms. The highest BCUT2D eigenvalue weighted by Crippen LogP contribution is 2.20. The Kier molecular flexibility index (Phi) is 6.18. The molecule has 0 atom stereocenters. The Morgan fingerprint density at radius 1 is 1.11 bits per heavy atom. The fourth-order valence-corrected chi connectivity index (χ4v) is 4.33. The lowest BCUT2D eigenvalue weighted by molar-refractivity contribution is 0.0916. The van der Waals surface area contributed by atoms with Crippen LogP contribution in [-0.2, 0) is 10.0 Å². The summed E-state index contributed by atoms with van der Waals surface area (Å²) in [5.74, 6) is -0.245. The van der Waals surface area contributed by atoms with Crippen molar-refractivity contribution in [3.05, 3.63) is 58.6 Å². The molecule has 0 aliphatic carbocycles. The lowest BCUT2D eigenvalue weighted by atomic mass is 10.0. The number of likely N-dealkylation sites (tertiary alicyclic amines) is 1. The molecular weight excluding hydrogens is 430 g/mol. The first-order valence-electron chi connectivity index (χ1n) is 8.71. The summed E-state index contributed by atoms with van der Waals surface area (Å²) in [6, 6.07) is 13.1. The average molecular weight is 452 g/mol. The molecule has 1 aliphatic rings. The third-order valence-electron chi connectivity index (χ3n) is 4.56. The first-order valence-corrected chi connectivity index (χ1v) is 11.0. The van der Waals surface area contributed by atoms with Crippen LogP contribution in [-0.4, -0.2) is 45.4 Å². The van der Waals surface area contributed by atoms with E-state index in [0.29, 0.717) is 11.3 Å². The number of anilines is 1. The first kappa shape index (κ1) is 19.9. The molecule has 0 spiro atoms. The van der Waals surface area contributed by atoms with Crippen LogP contribution in [0.25, 0.3) is 0 Å². The molecule has 0 unspecified atom stereocenters. The van der Waals surface area contributed by atoms with E-state index in [1.807, 2.05) is 0 Å². The minimum absolute atomic E-state index is 0.0569. The van der Waals surface area contributed by atoms with E-state index in [9.17, 15) is 13.2 Å². The van der Waals surface area contributed by atoms with E-state index < -0.39 is 10.0 Å². The van der Waals surface area contributed by atoms with Gasteiger partial charge in [-0.25, -0.2) is 8.42 Å². The van der Waals surface area contributed by atoms with Gasteiger partial charge in [0.1, 0.15) is 0 Å². The standard InChI is InChI=1S/C19H22BrN3O3S/c1-23-11-9-16(10-12-23)21-19(24)14-3-2-4-18(13-14)27(25,26)22-17-7-5-15(20)6-8-17/h2-8,13,16,22H,9-12H2,1H3,(H,21,24). The van der Waals surface area contributed by atoms with E-state index in [1.165, 1.54) is 12.1 Å². The molecule has 3 rings (SSSR count). The van der Waals surface area contributed by atoms with E-state index in [0.717, 1.165) is 30.4 Å². The molecule has 1 saturated heterocycles. The number of amides is 1. The maximum atomic E-state index is 12.6. The van der Waals surface area contributed by atoms with Crippen molar-refractivity contribution < 1.29 is 13.2 Å². The maximum absolute atomic E-state index is 12.6. The van der Waals surface area contributed by atoms with Gasteiger partial charge in [0.25, 0.3) is 15.9 Å². The Morgan fingerprint density at radius 3 is 2.44 bits per heavy atom. The molecule has 6 nitrogen and oxygen atoms in total. The van der Waals surface area contributed by atoms with Gasteiger partial charge in [-0.05, 0) is 75.4 Å². The molecule has 144 valence electrons. The number of rotatable bonds is 5. The molecule has 27 heavy (non-hydrogen) atoms. The highest BCUT2D eigenvalue weighted by molar-refractivity contribution is 9.10. The van der Waals surface area contributed by atoms with Gasteiger partial charge in [-0.1, -0.05) is 22.0 Å². The lowest BCUT2D eigenvalue weighted by Crippen LogP contribution is -2.43. The quantitative estimate of drug-likeness (QED) is 0.731. The zero-order chi connectivity index (χ0) is 19.4. The molecule has 2 aromatic rings. The molecule has 2 aromatic carbocycles. The molecule has 1 fully saturated rings. The van der Waals surface area contributed by atoms with Crippen LogP contribution in [0.2, 0.25) is 0 Å². The summed E-state index contributed by atoms with van der Waals surface area (Å²) in [5, 5.41) is 3.00. The van der Waals surface area contributed by atoms with Crippen LogP contribution in [0.5, 0.6) is 0 Å². The van der Waals surface area contributed by atoms with Gasteiger partial charge in [-0.15, -0.1) is 0 Å². The Hall–Kier alpha value is -1.90. The number of carbonyl (C=O) groups excluding carboxylic acids is 1. The van der Waals surface area contributed by atoms with Crippen molar-refractivity contribution in [2.45, 2.75) is 23.8 Å². The second kappa shape index (κ2) is 8.41. The number of piperidine rings is 1. The number of hydrogen-bond donors (Lipinski definition) is 2. The smallest absolute Gasteiger partial charge is 0.261 e. The Balaban J connectivity index is 1.72. The van der Waals surface area contributed by atoms with Crippen molar-refractivity contribution in [2.24, 2.45) is 0 Å². The average Bonchev–Trinajstić information content (AvgIpc) is 2.65. The van der Waals surface area contributed by atoms with Gasteiger partial charge in [-0.2, -0.15) is 0 Å². The van der Waals surface area contributed by atoms with Crippen molar-refractivity contribution in [2.75, 3.05) is 24.9 Å². The summed E-state index contributed by atoms with van der Waals surface area (Å²) in [5.41, 5.74) is 0.798. The molecular formula is C19H22BrN3O3S. The van der Waals surface area contributed by atoms with E-state index in [2.05, 4.69) is 37.9 Å². The number of sulfonamides is 1. The molecule has 0 radical (unpaired) electrons. The predicted octanol–water partition coefficient (Wildman–Crippen LogP) is 3.07. The number of carbonyl (C=O) groups is 1. The second-order valence-corrected chi connectivity index (χ2v) is 9.29. The second-order valence-electron chi connectivity index (χ2n) is 6.69. The predicted molar refractivity (Wildman–Crippen MR) is 109 cm³/mol. The molecule has 1 amide bonds. The SMILES string of the molecule is CN1CCC(NC(=O)c2cccc(S(=O)(=O)Nc3ccc(Br)cc3)c2)CC1. The van der Waals surface area contributed by atoms with E-state index in [4.69, 9.17) is 0 Å². The Bertz CT molecular complexity index is 908. The summed E-state index contributed by atoms with van der Waals surface area (Å²) >= 11 is 3.32. The van der Waals surface area contributed by atoms with Crippen molar-refractivity contribution in [1.29, 1.82) is 0 Å². The third-order valence-corrected chi connectivity index (χ3v) is 6.46. The largest absolute Gasteiger partial charge is 0.349 e. The summed E-state index contributed by atoms with van der Waals surface area (Å²) < 4.78 is 28.6. The number of nitrogens with zero attached hydrogens (tertiary/aromatic N) is 1. The first-order chi connectivity index (χ1) is 12.8. The zero-order valence-electron chi connectivity index (χ0n) is 15.0. The zero-order valence-corrected chi connectivity index (χ0v) is 17.4. The fraction of sp³-hybridized carbons (Fsp3) is 0.316. The van der Waals surface area contributed by atoms with Gasteiger partial charge in [0.15, 0.2) is 0 Å². The minimum atomic E-state index is -3.77. The topological polar surface area (TPSA) is 78.5 Å². The maximum Gasteiger partial charge on any atom is 0.261 e. The normalized spacial score (nSPS) is 16.1. The van der Waals surface area contributed by atoms with E-state index in [1.54, 1.807) is 36.4 Å². The van der Waals surface area contributed by atoms with Gasteiger partial charge >= 0.3 is 0 Å². The fourth-order valence-electron chi connectivity index (χ4n) is 2.96. The monoisotopic (exact) mass is 451 g/mol. The Labute approximate surface area is 168 Å². The van der Waals surface area contributed by atoms with Gasteiger partial charge in [0.05, 0.1) is 4.90 Å². The van der Waals surface area contributed by atoms with E-state index in [-0.39, 0.29) is 16.8 Å². The highest BCUT2D eigenvalue weighted by atomic mass is 79.9. The summed E-state index contributed by atoms with van der Waals surface area (Å²) in [6.45, 7) is 1.88. The van der Waals surface area contributed by atoms with Gasteiger partial charge in [0, 0.05) is 21.8 Å². The number of nitrogens with one attached hydrogen (secondary N) is 2. The summed E-state index contributed by atoms with van der Waals surface area (Å²) in [6.07, 6.45) is 1.79. The van der Waals surface area contributed by atoms with Crippen LogP contribution in [0.3, 0.4) is 0 Å². The molecule has 0 bridgehead atoms. The number of halogens is 1. The van der Waals surface area contributed by atoms with Crippen LogP contribution >= 0.6 is 15.9 Å². The molecule has 0 saturated carbocycles. The van der Waals surface area contributed by atoms with Crippen LogP contribution in [0.1, 0.15) is 23.2 Å². The van der Waals surface area contributed by atoms with Crippen LogP contribution < -0.4 is 10.0 Å². The third kappa shape index (κ3) is 5.31. The molecule has 2 N–H and O–H groups in total. The van der Waals surface area contributed by atoms with Crippen LogP contribution in [0.15, 0.2) is 57.9 Å². The van der Waals surface area contributed by atoms with Crippen molar-refractivity contribution in [3.63, 3.8) is 0 Å². The summed E-state index contributed by atoms with van der Waals surface area (Å²) in [4.78, 5) is 14.8. The molecule has 1 aliphatic heterocycles. The van der Waals surface area contributed by atoms with Gasteiger partial charge in [-0.3, -0.25) is 9.52 Å². The van der Waals surface area contributed by atoms with Crippen molar-refractivity contribution >= 4 is 37.5 Å². The van der Waals surface area contributed by atoms with E-state index >= 15 is 0 Å². The van der Waals surface area contributed by atoms with Crippen LogP contribution in [0.4, 0.5) is 5.69 Å². The highest BCUT2D eigenvalue weighted by Gasteiger charge is 2.21. The number of benzene rings is 2. The van der Waals surface area contributed by atoms with Crippen molar-refractivity contribution in [1.82, 2.24) is 10.2 Å². The van der Waals surface area contributed by atoms with Gasteiger partial charge < -0.3 is 10.2 Å². The Morgan fingerprint density at radius 2 is 1.78 bits per heavy atom. The summed E-state index contributed by atoms with van der Waals surface area (Å²) in [7, 11) is -1.71.